The Morgan fingerprint density at radius 1 is 1.36 bits per heavy atom. The molecule has 1 amide bonds. The van der Waals surface area contributed by atoms with E-state index in [0.29, 0.717) is 0 Å². The number of halogens is 2. The number of carbonyl (C=O) groups is 1. The molecule has 1 aromatic heterocycles. The lowest BCUT2D eigenvalue weighted by atomic mass is 10.2. The molecule has 0 aliphatic rings. The topological polar surface area (TPSA) is 75.2 Å². The van der Waals surface area contributed by atoms with E-state index in [1.165, 1.54) is 36.3 Å². The smallest absolute Gasteiger partial charge is 0.328 e. The van der Waals surface area contributed by atoms with E-state index in [-0.39, 0.29) is 23.7 Å². The number of amides is 1. The van der Waals surface area contributed by atoms with E-state index in [1.54, 1.807) is 0 Å². The number of hydrogen-bond donors (Lipinski definition) is 1. The van der Waals surface area contributed by atoms with E-state index in [0.717, 1.165) is 10.6 Å². The van der Waals surface area contributed by atoms with E-state index in [4.69, 9.17) is 11.6 Å². The highest BCUT2D eigenvalue weighted by atomic mass is 35.5. The third-order valence-electron chi connectivity index (χ3n) is 3.09. The molecule has 1 N–H and O–H groups in total. The van der Waals surface area contributed by atoms with Crippen LogP contribution in [0.25, 0.3) is 0 Å². The summed E-state index contributed by atoms with van der Waals surface area (Å²) in [7, 11) is 1.47. The van der Waals surface area contributed by atoms with Crippen molar-refractivity contribution < 1.29 is 9.18 Å². The molecule has 0 fully saturated rings. The second-order valence-electron chi connectivity index (χ2n) is 4.69. The van der Waals surface area contributed by atoms with Crippen LogP contribution in [0.5, 0.6) is 0 Å². The molecule has 2 rings (SSSR count). The van der Waals surface area contributed by atoms with Crippen LogP contribution >= 0.6 is 11.6 Å². The van der Waals surface area contributed by atoms with E-state index >= 15 is 0 Å². The van der Waals surface area contributed by atoms with Crippen molar-refractivity contribution >= 4 is 17.5 Å². The number of aromatic amines is 1. The number of nitrogens with one attached hydrogen (secondary N) is 1. The number of benzene rings is 1. The first-order valence-electron chi connectivity index (χ1n) is 6.35. The molecule has 0 bridgehead atoms. The van der Waals surface area contributed by atoms with Crippen molar-refractivity contribution in [2.75, 3.05) is 7.05 Å². The number of carbonyl (C=O) groups excluding carboxylic acids is 1. The van der Waals surface area contributed by atoms with Gasteiger partial charge in [-0.15, -0.1) is 0 Å². The van der Waals surface area contributed by atoms with Gasteiger partial charge in [-0.2, -0.15) is 0 Å². The zero-order valence-corrected chi connectivity index (χ0v) is 12.4. The summed E-state index contributed by atoms with van der Waals surface area (Å²) in [5.74, 6) is -0.929. The van der Waals surface area contributed by atoms with Gasteiger partial charge < -0.3 is 4.90 Å². The van der Waals surface area contributed by atoms with E-state index < -0.39 is 23.0 Å². The molecule has 2 aromatic rings. The number of likely N-dealkylation sites (N-methyl/N-ethyl adjacent to an activating group) is 1. The Kier molecular flexibility index (Phi) is 4.77. The minimum atomic E-state index is -0.682. The molecule has 0 unspecified atom stereocenters. The molecule has 0 saturated carbocycles. The lowest BCUT2D eigenvalue weighted by molar-refractivity contribution is -0.131. The average Bonchev–Trinajstić information content (AvgIpc) is 2.45. The Bertz CT molecular complexity index is 795. The maximum absolute atomic E-state index is 13.7. The first-order chi connectivity index (χ1) is 10.4. The fraction of sp³-hybridized carbons (Fsp3) is 0.214. The minimum Gasteiger partial charge on any atom is -0.340 e. The molecule has 0 aliphatic heterocycles. The molecule has 6 nitrogen and oxygen atoms in total. The predicted octanol–water partition coefficient (Wildman–Crippen LogP) is 0.988. The summed E-state index contributed by atoms with van der Waals surface area (Å²) >= 11 is 5.91. The summed E-state index contributed by atoms with van der Waals surface area (Å²) in [5.41, 5.74) is -1.02. The Hall–Kier alpha value is -2.41. The van der Waals surface area contributed by atoms with Crippen molar-refractivity contribution in [3.8, 4) is 0 Å². The fourth-order valence-electron chi connectivity index (χ4n) is 1.84. The average molecular weight is 326 g/mol. The highest BCUT2D eigenvalue weighted by molar-refractivity contribution is 6.31. The van der Waals surface area contributed by atoms with Crippen LogP contribution in [0.4, 0.5) is 4.39 Å². The van der Waals surface area contributed by atoms with Crippen LogP contribution in [0.3, 0.4) is 0 Å². The number of hydrogen-bond acceptors (Lipinski definition) is 3. The Morgan fingerprint density at radius 2 is 2.09 bits per heavy atom. The SMILES string of the molecule is CN(Cc1c(F)cccc1Cl)C(=O)Cn1ccc(=O)[nH]c1=O. The van der Waals surface area contributed by atoms with Gasteiger partial charge >= 0.3 is 5.69 Å². The summed E-state index contributed by atoms with van der Waals surface area (Å²) in [4.78, 5) is 37.9. The third kappa shape index (κ3) is 3.62. The molecule has 0 aliphatic carbocycles. The molecule has 1 heterocycles. The first kappa shape index (κ1) is 16.0. The second kappa shape index (κ2) is 6.57. The third-order valence-corrected chi connectivity index (χ3v) is 3.44. The normalized spacial score (nSPS) is 10.5. The van der Waals surface area contributed by atoms with Crippen molar-refractivity contribution in [2.24, 2.45) is 0 Å². The summed E-state index contributed by atoms with van der Waals surface area (Å²) < 4.78 is 14.8. The van der Waals surface area contributed by atoms with Gasteiger partial charge in [-0.3, -0.25) is 19.1 Å². The van der Waals surface area contributed by atoms with Crippen molar-refractivity contribution in [2.45, 2.75) is 13.1 Å². The van der Waals surface area contributed by atoms with Gasteiger partial charge in [0.25, 0.3) is 5.56 Å². The Balaban J connectivity index is 2.13. The standard InChI is InChI=1S/C14H13ClFN3O3/c1-18(7-9-10(15)3-2-4-11(9)16)13(21)8-19-6-5-12(20)17-14(19)22/h2-6H,7-8H2,1H3,(H,17,20,22). The van der Waals surface area contributed by atoms with Crippen LogP contribution in [0.2, 0.25) is 5.02 Å². The molecular formula is C14H13ClFN3O3. The van der Waals surface area contributed by atoms with Gasteiger partial charge in [-0.25, -0.2) is 9.18 Å². The largest absolute Gasteiger partial charge is 0.340 e. The van der Waals surface area contributed by atoms with Gasteiger partial charge in [0.2, 0.25) is 5.91 Å². The lowest BCUT2D eigenvalue weighted by Gasteiger charge is -2.18. The van der Waals surface area contributed by atoms with Gasteiger partial charge in [0, 0.05) is 36.4 Å². The monoisotopic (exact) mass is 325 g/mol. The predicted molar refractivity (Wildman–Crippen MR) is 79.2 cm³/mol. The van der Waals surface area contributed by atoms with Gasteiger partial charge in [-0.05, 0) is 12.1 Å². The highest BCUT2D eigenvalue weighted by Gasteiger charge is 2.15. The van der Waals surface area contributed by atoms with E-state index in [2.05, 4.69) is 4.98 Å². The molecular weight excluding hydrogens is 313 g/mol. The quantitative estimate of drug-likeness (QED) is 0.910. The zero-order valence-electron chi connectivity index (χ0n) is 11.7. The number of H-pyrrole nitrogens is 1. The summed E-state index contributed by atoms with van der Waals surface area (Å²) in [5, 5.41) is 0.223. The molecule has 0 spiro atoms. The first-order valence-corrected chi connectivity index (χ1v) is 6.73. The highest BCUT2D eigenvalue weighted by Crippen LogP contribution is 2.20. The van der Waals surface area contributed by atoms with Crippen LogP contribution in [-0.2, 0) is 17.9 Å². The van der Waals surface area contributed by atoms with Crippen LogP contribution < -0.4 is 11.2 Å². The molecule has 0 radical (unpaired) electrons. The molecule has 0 saturated heterocycles. The van der Waals surface area contributed by atoms with Crippen molar-refractivity contribution in [3.63, 3.8) is 0 Å². The maximum atomic E-state index is 13.7. The number of aromatic nitrogens is 2. The van der Waals surface area contributed by atoms with E-state index in [9.17, 15) is 18.8 Å². The summed E-state index contributed by atoms with van der Waals surface area (Å²) in [6, 6.07) is 5.40. The lowest BCUT2D eigenvalue weighted by Crippen LogP contribution is -2.36. The van der Waals surface area contributed by atoms with Crippen LogP contribution in [-0.4, -0.2) is 27.4 Å². The van der Waals surface area contributed by atoms with Crippen molar-refractivity contribution in [1.82, 2.24) is 14.5 Å². The molecule has 0 atom stereocenters. The number of rotatable bonds is 4. The Morgan fingerprint density at radius 3 is 2.73 bits per heavy atom. The molecule has 8 heteroatoms. The van der Waals surface area contributed by atoms with Crippen LogP contribution in [0.1, 0.15) is 5.56 Å². The molecule has 116 valence electrons. The van der Waals surface area contributed by atoms with Gasteiger partial charge in [0.1, 0.15) is 12.4 Å². The molecule has 22 heavy (non-hydrogen) atoms. The van der Waals surface area contributed by atoms with Crippen molar-refractivity contribution in [3.05, 3.63) is 67.7 Å². The van der Waals surface area contributed by atoms with Gasteiger partial charge in [0.05, 0.1) is 0 Å². The Labute approximate surface area is 129 Å². The summed E-state index contributed by atoms with van der Waals surface area (Å²) in [6.07, 6.45) is 1.23. The fourth-order valence-corrected chi connectivity index (χ4v) is 2.07. The van der Waals surface area contributed by atoms with Crippen LogP contribution in [0.15, 0.2) is 40.1 Å². The molecule has 1 aromatic carbocycles. The van der Waals surface area contributed by atoms with E-state index in [1.807, 2.05) is 0 Å². The van der Waals surface area contributed by atoms with Crippen molar-refractivity contribution in [1.29, 1.82) is 0 Å². The second-order valence-corrected chi connectivity index (χ2v) is 5.10. The van der Waals surface area contributed by atoms with Crippen LogP contribution in [0, 0.1) is 5.82 Å². The van der Waals surface area contributed by atoms with Gasteiger partial charge in [-0.1, -0.05) is 17.7 Å². The zero-order chi connectivity index (χ0) is 16.3. The maximum Gasteiger partial charge on any atom is 0.328 e. The minimum absolute atomic E-state index is 0.0254. The van der Waals surface area contributed by atoms with Gasteiger partial charge in [0.15, 0.2) is 0 Å². The summed E-state index contributed by atoms with van der Waals surface area (Å²) in [6.45, 7) is -0.291. The number of nitrogens with zero attached hydrogens (tertiary/aromatic N) is 2.